The van der Waals surface area contributed by atoms with Crippen LogP contribution in [0.2, 0.25) is 0 Å². The summed E-state index contributed by atoms with van der Waals surface area (Å²) >= 11 is 0. The van der Waals surface area contributed by atoms with Gasteiger partial charge in [0.05, 0.1) is 5.92 Å². The third kappa shape index (κ3) is 7.38. The van der Waals surface area contributed by atoms with Gasteiger partial charge < -0.3 is 28.8 Å². The smallest absolute Gasteiger partial charge is 0.303 e. The number of fused-ring (bicyclic) bond motifs is 1. The Bertz CT molecular complexity index is 1250. The number of aliphatic hydroxyl groups excluding tert-OH is 1. The molecule has 0 unspecified atom stereocenters. The molecule has 0 aromatic carbocycles. The van der Waals surface area contributed by atoms with Gasteiger partial charge in [0, 0.05) is 57.9 Å². The third-order valence-electron chi connectivity index (χ3n) is 7.54. The second kappa shape index (κ2) is 12.8. The van der Waals surface area contributed by atoms with Gasteiger partial charge in [-0.15, -0.1) is 0 Å². The fourth-order valence-electron chi connectivity index (χ4n) is 5.93. The number of Topliss-reactive ketones (excluding diaryl/α,β-unsaturated/α-hetero) is 2. The SMILES string of the molecule is C=C1[C@H](OC(C)=O)[C@H]2[C@@H](OC(C)=O)[C@](C)(OC(C)=O)C[C@]2(OC(C)=O)C(=O)[C@H](C)/C=C/C(C)(C)C(=O)[C@H](O)[C@H]1OC(C)=O. The normalized spacial score (nSPS) is 34.9. The summed E-state index contributed by atoms with van der Waals surface area (Å²) in [6.07, 6.45) is -5.13. The Labute approximate surface area is 249 Å². The Kier molecular flexibility index (Phi) is 10.5. The van der Waals surface area contributed by atoms with Crippen molar-refractivity contribution >= 4 is 41.4 Å². The van der Waals surface area contributed by atoms with E-state index in [1.54, 1.807) is 0 Å². The van der Waals surface area contributed by atoms with E-state index in [0.29, 0.717) is 0 Å². The molecule has 0 aromatic rings. The van der Waals surface area contributed by atoms with Crippen molar-refractivity contribution in [2.45, 2.75) is 104 Å². The molecule has 1 saturated carbocycles. The summed E-state index contributed by atoms with van der Waals surface area (Å²) in [5, 5.41) is 11.3. The summed E-state index contributed by atoms with van der Waals surface area (Å²) in [5.74, 6) is -8.92. The van der Waals surface area contributed by atoms with Crippen molar-refractivity contribution in [2.75, 3.05) is 0 Å². The van der Waals surface area contributed by atoms with Crippen LogP contribution in [0.3, 0.4) is 0 Å². The van der Waals surface area contributed by atoms with E-state index >= 15 is 0 Å². The molecule has 0 amide bonds. The maximum absolute atomic E-state index is 14.5. The maximum atomic E-state index is 14.5. The predicted molar refractivity (Wildman–Crippen MR) is 147 cm³/mol. The van der Waals surface area contributed by atoms with Crippen LogP contribution >= 0.6 is 0 Å². The number of rotatable bonds is 5. The van der Waals surface area contributed by atoms with Crippen LogP contribution in [0.4, 0.5) is 0 Å². The van der Waals surface area contributed by atoms with Crippen molar-refractivity contribution in [1.29, 1.82) is 0 Å². The van der Waals surface area contributed by atoms with Gasteiger partial charge >= 0.3 is 29.8 Å². The zero-order chi connectivity index (χ0) is 33.2. The predicted octanol–water partition coefficient (Wildman–Crippen LogP) is 1.71. The summed E-state index contributed by atoms with van der Waals surface area (Å²) in [5.41, 5.74) is -5.96. The van der Waals surface area contributed by atoms with Crippen LogP contribution in [0, 0.1) is 17.3 Å². The van der Waals surface area contributed by atoms with Gasteiger partial charge in [-0.25, -0.2) is 0 Å². The van der Waals surface area contributed by atoms with Gasteiger partial charge in [0.1, 0.15) is 6.10 Å². The lowest BCUT2D eigenvalue weighted by Crippen LogP contribution is -2.58. The Morgan fingerprint density at radius 2 is 1.28 bits per heavy atom. The first-order valence-corrected chi connectivity index (χ1v) is 13.6. The average molecular weight is 609 g/mol. The van der Waals surface area contributed by atoms with Gasteiger partial charge in [-0.3, -0.25) is 33.6 Å². The summed E-state index contributed by atoms with van der Waals surface area (Å²) < 4.78 is 28.0. The summed E-state index contributed by atoms with van der Waals surface area (Å²) in [4.78, 5) is 90.1. The number of carbonyl (C=O) groups excluding carboxylic acids is 7. The van der Waals surface area contributed by atoms with E-state index in [2.05, 4.69) is 6.58 Å². The average Bonchev–Trinajstić information content (AvgIpc) is 3.07. The van der Waals surface area contributed by atoms with E-state index in [-0.39, 0.29) is 0 Å². The molecule has 0 radical (unpaired) electrons. The van der Waals surface area contributed by atoms with Crippen molar-refractivity contribution in [3.8, 4) is 0 Å². The molecule has 8 atom stereocenters. The van der Waals surface area contributed by atoms with Crippen molar-refractivity contribution < 1.29 is 62.4 Å². The number of hydrogen-bond acceptors (Lipinski definition) is 13. The van der Waals surface area contributed by atoms with Crippen molar-refractivity contribution in [3.05, 3.63) is 24.3 Å². The lowest BCUT2D eigenvalue weighted by atomic mass is 9.72. The molecule has 0 bridgehead atoms. The topological polar surface area (TPSA) is 186 Å². The molecular weight excluding hydrogens is 568 g/mol. The second-order valence-electron chi connectivity index (χ2n) is 11.8. The molecule has 2 aliphatic carbocycles. The molecule has 0 aliphatic heterocycles. The Hall–Kier alpha value is -3.87. The molecule has 2 rings (SSSR count). The standard InChI is InChI=1S/C30H40O13/c1-14-11-12-28(8,9)26(38)22(36)24(40-17(4)32)15(2)23(39-16(3)31)21-27(41-18(5)33)29(10,42-19(6)34)13-30(21,25(14)37)43-20(7)35/h11-12,14,21-24,27,36H,2,13H2,1,3-10H3/b12-11+/t14-,21+,22-,23+,24+,27-,29-,30-/m1/s1. The van der Waals surface area contributed by atoms with Gasteiger partial charge in [-0.2, -0.15) is 0 Å². The molecule has 13 nitrogen and oxygen atoms in total. The largest absolute Gasteiger partial charge is 0.458 e. The zero-order valence-electron chi connectivity index (χ0n) is 25.9. The molecule has 2 aliphatic rings. The minimum atomic E-state index is -2.30. The number of aliphatic hydroxyl groups is 1. The lowest BCUT2D eigenvalue weighted by molar-refractivity contribution is -0.190. The number of ether oxygens (including phenoxy) is 5. The van der Waals surface area contributed by atoms with E-state index in [1.807, 2.05) is 0 Å². The fraction of sp³-hybridized carbons (Fsp3) is 0.633. The highest BCUT2D eigenvalue weighted by molar-refractivity contribution is 5.95. The van der Waals surface area contributed by atoms with Gasteiger partial charge in [0.15, 0.2) is 41.1 Å². The number of carbonyl (C=O) groups is 7. The van der Waals surface area contributed by atoms with E-state index in [4.69, 9.17) is 23.7 Å². The van der Waals surface area contributed by atoms with Crippen LogP contribution in [0.15, 0.2) is 24.3 Å². The summed E-state index contributed by atoms with van der Waals surface area (Å²) in [7, 11) is 0. The maximum Gasteiger partial charge on any atom is 0.303 e. The first kappa shape index (κ1) is 35.3. The molecule has 0 saturated heterocycles. The quantitative estimate of drug-likeness (QED) is 0.270. The van der Waals surface area contributed by atoms with Crippen LogP contribution in [-0.2, 0) is 57.2 Å². The molecule has 0 spiro atoms. The van der Waals surface area contributed by atoms with Crippen LogP contribution in [0.1, 0.15) is 68.7 Å². The van der Waals surface area contributed by atoms with E-state index in [9.17, 15) is 38.7 Å². The van der Waals surface area contributed by atoms with Gasteiger partial charge in [-0.1, -0.05) is 25.7 Å². The molecule has 43 heavy (non-hydrogen) atoms. The van der Waals surface area contributed by atoms with Crippen molar-refractivity contribution in [3.63, 3.8) is 0 Å². The Balaban J connectivity index is 3.14. The van der Waals surface area contributed by atoms with Gasteiger partial charge in [-0.05, 0) is 20.8 Å². The highest BCUT2D eigenvalue weighted by atomic mass is 16.6. The van der Waals surface area contributed by atoms with Crippen LogP contribution in [-0.4, -0.2) is 82.1 Å². The lowest BCUT2D eigenvalue weighted by Gasteiger charge is -2.42. The molecule has 0 aromatic heterocycles. The minimum Gasteiger partial charge on any atom is -0.458 e. The molecule has 1 fully saturated rings. The van der Waals surface area contributed by atoms with Crippen LogP contribution in [0.25, 0.3) is 0 Å². The summed E-state index contributed by atoms with van der Waals surface area (Å²) in [6, 6.07) is 0. The summed E-state index contributed by atoms with van der Waals surface area (Å²) in [6.45, 7) is 14.8. The van der Waals surface area contributed by atoms with Gasteiger partial charge in [0.25, 0.3) is 0 Å². The first-order valence-electron chi connectivity index (χ1n) is 13.6. The van der Waals surface area contributed by atoms with Crippen LogP contribution < -0.4 is 0 Å². The highest BCUT2D eigenvalue weighted by Crippen LogP contribution is 2.53. The number of esters is 5. The fourth-order valence-corrected chi connectivity index (χ4v) is 5.93. The zero-order valence-corrected chi connectivity index (χ0v) is 25.9. The molecule has 238 valence electrons. The minimum absolute atomic E-state index is 0.391. The van der Waals surface area contributed by atoms with Gasteiger partial charge in [0.2, 0.25) is 0 Å². The molecular formula is C30H40O13. The number of hydrogen-bond donors (Lipinski definition) is 1. The number of ketones is 2. The first-order chi connectivity index (χ1) is 19.6. The Morgan fingerprint density at radius 3 is 1.74 bits per heavy atom. The second-order valence-corrected chi connectivity index (χ2v) is 11.8. The van der Waals surface area contributed by atoms with E-state index in [1.165, 1.54) is 39.8 Å². The van der Waals surface area contributed by atoms with Crippen LogP contribution in [0.5, 0.6) is 0 Å². The molecule has 13 heteroatoms. The number of allylic oxidation sites excluding steroid dienone is 2. The Morgan fingerprint density at radius 1 is 0.791 bits per heavy atom. The molecule has 0 heterocycles. The van der Waals surface area contributed by atoms with E-state index < -0.39 is 106 Å². The van der Waals surface area contributed by atoms with Crippen molar-refractivity contribution in [1.82, 2.24) is 0 Å². The third-order valence-corrected chi connectivity index (χ3v) is 7.54. The molecule has 1 N–H and O–H groups in total. The van der Waals surface area contributed by atoms with E-state index in [0.717, 1.165) is 34.6 Å². The monoisotopic (exact) mass is 608 g/mol. The van der Waals surface area contributed by atoms with Crippen molar-refractivity contribution in [2.24, 2.45) is 17.3 Å². The highest BCUT2D eigenvalue weighted by Gasteiger charge is 2.71.